The van der Waals surface area contributed by atoms with Gasteiger partial charge in [-0.1, -0.05) is 29.4 Å². The number of thioether (sulfide) groups is 1. The zero-order valence-corrected chi connectivity index (χ0v) is 16.5. The van der Waals surface area contributed by atoms with Crippen molar-refractivity contribution in [2.24, 2.45) is 0 Å². The van der Waals surface area contributed by atoms with Gasteiger partial charge in [0.2, 0.25) is 5.91 Å². The van der Waals surface area contributed by atoms with E-state index in [1.165, 1.54) is 4.57 Å². The average molecular weight is 400 g/mol. The Kier molecular flexibility index (Phi) is 5.98. The quantitative estimate of drug-likeness (QED) is 0.652. The molecular weight excluding hydrogens is 382 g/mol. The Bertz CT molecular complexity index is 1010. The maximum atomic E-state index is 12.6. The van der Waals surface area contributed by atoms with E-state index < -0.39 is 0 Å². The van der Waals surface area contributed by atoms with Crippen LogP contribution in [0.1, 0.15) is 11.1 Å². The second-order valence-electron chi connectivity index (χ2n) is 6.10. The van der Waals surface area contributed by atoms with Crippen LogP contribution in [0.4, 0.5) is 5.69 Å². The third kappa shape index (κ3) is 4.99. The molecular formula is C20H18ClN3O2S. The summed E-state index contributed by atoms with van der Waals surface area (Å²) < 4.78 is 1.48. The van der Waals surface area contributed by atoms with E-state index in [2.05, 4.69) is 10.3 Å². The first-order valence-electron chi connectivity index (χ1n) is 8.27. The number of hydrogen-bond donors (Lipinski definition) is 1. The van der Waals surface area contributed by atoms with Crippen molar-refractivity contribution in [2.45, 2.75) is 18.9 Å². The monoisotopic (exact) mass is 399 g/mol. The van der Waals surface area contributed by atoms with E-state index in [9.17, 15) is 9.59 Å². The molecule has 0 aliphatic carbocycles. The number of anilines is 1. The minimum atomic E-state index is -0.274. The van der Waals surface area contributed by atoms with Gasteiger partial charge in [-0.15, -0.1) is 0 Å². The lowest BCUT2D eigenvalue weighted by Crippen LogP contribution is -2.22. The molecule has 0 atom stereocenters. The summed E-state index contributed by atoms with van der Waals surface area (Å²) in [5.41, 5.74) is 3.32. The minimum Gasteiger partial charge on any atom is -0.325 e. The fraction of sp³-hybridized carbons (Fsp3) is 0.150. The van der Waals surface area contributed by atoms with Crippen molar-refractivity contribution < 1.29 is 4.79 Å². The van der Waals surface area contributed by atoms with Gasteiger partial charge < -0.3 is 5.32 Å². The largest absolute Gasteiger partial charge is 0.325 e. The number of benzene rings is 2. The number of aryl methyl sites for hydroxylation is 2. The molecule has 0 unspecified atom stereocenters. The fourth-order valence-electron chi connectivity index (χ4n) is 2.68. The van der Waals surface area contributed by atoms with E-state index in [1.54, 1.807) is 36.7 Å². The van der Waals surface area contributed by atoms with Crippen molar-refractivity contribution in [3.63, 3.8) is 0 Å². The molecule has 3 aromatic rings. The van der Waals surface area contributed by atoms with Crippen LogP contribution in [0, 0.1) is 13.8 Å². The van der Waals surface area contributed by atoms with Crippen molar-refractivity contribution in [3.8, 4) is 5.69 Å². The summed E-state index contributed by atoms with van der Waals surface area (Å²) in [6.07, 6.45) is 3.13. The highest BCUT2D eigenvalue weighted by Crippen LogP contribution is 2.17. The van der Waals surface area contributed by atoms with Crippen LogP contribution in [0.25, 0.3) is 5.69 Å². The van der Waals surface area contributed by atoms with Gasteiger partial charge in [0.05, 0.1) is 5.75 Å². The highest BCUT2D eigenvalue weighted by atomic mass is 35.5. The standard InChI is InChI=1S/C20H18ClN3O2S/c1-13-9-14(2)11-16(10-13)23-18(25)12-27-19-20(26)24(8-7-22-19)17-5-3-15(21)4-6-17/h3-11H,12H2,1-2H3,(H,23,25). The van der Waals surface area contributed by atoms with E-state index in [0.29, 0.717) is 10.7 Å². The average Bonchev–Trinajstić information content (AvgIpc) is 2.61. The molecule has 1 heterocycles. The first kappa shape index (κ1) is 19.2. The SMILES string of the molecule is Cc1cc(C)cc(NC(=O)CSc2nccn(-c3ccc(Cl)cc3)c2=O)c1. The van der Waals surface area contributed by atoms with Gasteiger partial charge in [0.15, 0.2) is 5.03 Å². The fourth-order valence-corrected chi connectivity index (χ4v) is 3.50. The van der Waals surface area contributed by atoms with Crippen molar-refractivity contribution in [3.05, 3.63) is 81.4 Å². The maximum Gasteiger partial charge on any atom is 0.287 e. The number of carbonyl (C=O) groups excluding carboxylic acids is 1. The smallest absolute Gasteiger partial charge is 0.287 e. The van der Waals surface area contributed by atoms with Crippen LogP contribution in [0.3, 0.4) is 0 Å². The Morgan fingerprint density at radius 3 is 2.48 bits per heavy atom. The lowest BCUT2D eigenvalue weighted by Gasteiger charge is -2.09. The highest BCUT2D eigenvalue weighted by molar-refractivity contribution is 7.99. The van der Waals surface area contributed by atoms with Gasteiger partial charge in [-0.05, 0) is 61.4 Å². The summed E-state index contributed by atoms with van der Waals surface area (Å²) in [5.74, 6) is -0.0899. The Morgan fingerprint density at radius 2 is 1.81 bits per heavy atom. The molecule has 0 bridgehead atoms. The lowest BCUT2D eigenvalue weighted by molar-refractivity contribution is -0.113. The first-order valence-corrected chi connectivity index (χ1v) is 9.63. The molecule has 0 saturated heterocycles. The van der Waals surface area contributed by atoms with Crippen LogP contribution >= 0.6 is 23.4 Å². The Balaban J connectivity index is 1.71. The van der Waals surface area contributed by atoms with Crippen LogP contribution in [0.2, 0.25) is 5.02 Å². The van der Waals surface area contributed by atoms with E-state index in [4.69, 9.17) is 11.6 Å². The number of nitrogens with zero attached hydrogens (tertiary/aromatic N) is 2. The Morgan fingerprint density at radius 1 is 1.15 bits per heavy atom. The third-order valence-electron chi connectivity index (χ3n) is 3.76. The van der Waals surface area contributed by atoms with Gasteiger partial charge in [0, 0.05) is 28.8 Å². The molecule has 0 saturated carbocycles. The van der Waals surface area contributed by atoms with Gasteiger partial charge >= 0.3 is 0 Å². The van der Waals surface area contributed by atoms with Gasteiger partial charge in [-0.2, -0.15) is 0 Å². The summed E-state index contributed by atoms with van der Waals surface area (Å²) in [6.45, 7) is 3.95. The molecule has 27 heavy (non-hydrogen) atoms. The molecule has 0 radical (unpaired) electrons. The third-order valence-corrected chi connectivity index (χ3v) is 4.97. The molecule has 1 aromatic heterocycles. The summed E-state index contributed by atoms with van der Waals surface area (Å²) in [7, 11) is 0. The minimum absolute atomic E-state index is 0.0971. The van der Waals surface area contributed by atoms with E-state index >= 15 is 0 Å². The number of hydrogen-bond acceptors (Lipinski definition) is 4. The Hall–Kier alpha value is -2.57. The van der Waals surface area contributed by atoms with Gasteiger partial charge in [-0.25, -0.2) is 4.98 Å². The molecule has 7 heteroatoms. The molecule has 138 valence electrons. The number of nitrogens with one attached hydrogen (secondary N) is 1. The predicted octanol–water partition coefficient (Wildman–Crippen LogP) is 4.23. The topological polar surface area (TPSA) is 64.0 Å². The number of amides is 1. The van der Waals surface area contributed by atoms with E-state index in [0.717, 1.165) is 28.6 Å². The zero-order chi connectivity index (χ0) is 19.4. The number of rotatable bonds is 5. The van der Waals surface area contributed by atoms with E-state index in [-0.39, 0.29) is 22.2 Å². The van der Waals surface area contributed by atoms with Gasteiger partial charge in [0.25, 0.3) is 5.56 Å². The van der Waals surface area contributed by atoms with Crippen LogP contribution in [0.5, 0.6) is 0 Å². The molecule has 1 N–H and O–H groups in total. The second-order valence-corrected chi connectivity index (χ2v) is 7.50. The molecule has 0 aliphatic rings. The van der Waals surface area contributed by atoms with Crippen molar-refractivity contribution in [2.75, 3.05) is 11.1 Å². The summed E-state index contributed by atoms with van der Waals surface area (Å²) in [4.78, 5) is 29.0. The molecule has 3 rings (SSSR count). The molecule has 2 aromatic carbocycles. The Labute approximate surface area is 166 Å². The van der Waals surface area contributed by atoms with Crippen LogP contribution in [-0.4, -0.2) is 21.2 Å². The molecule has 0 spiro atoms. The lowest BCUT2D eigenvalue weighted by atomic mass is 10.1. The molecule has 5 nitrogen and oxygen atoms in total. The highest BCUT2D eigenvalue weighted by Gasteiger charge is 2.10. The van der Waals surface area contributed by atoms with Crippen LogP contribution in [-0.2, 0) is 4.79 Å². The molecule has 0 fully saturated rings. The van der Waals surface area contributed by atoms with Crippen molar-refractivity contribution in [1.29, 1.82) is 0 Å². The predicted molar refractivity (Wildman–Crippen MR) is 110 cm³/mol. The summed E-state index contributed by atoms with van der Waals surface area (Å²) in [5, 5.41) is 3.72. The first-order chi connectivity index (χ1) is 12.9. The number of carbonyl (C=O) groups is 1. The van der Waals surface area contributed by atoms with Gasteiger partial charge in [0.1, 0.15) is 0 Å². The van der Waals surface area contributed by atoms with E-state index in [1.807, 2.05) is 32.0 Å². The molecule has 0 aliphatic heterocycles. The molecule has 1 amide bonds. The summed E-state index contributed by atoms with van der Waals surface area (Å²) >= 11 is 7.00. The second kappa shape index (κ2) is 8.41. The normalized spacial score (nSPS) is 10.6. The zero-order valence-electron chi connectivity index (χ0n) is 14.9. The van der Waals surface area contributed by atoms with Crippen molar-refractivity contribution in [1.82, 2.24) is 9.55 Å². The van der Waals surface area contributed by atoms with Crippen LogP contribution < -0.4 is 10.9 Å². The van der Waals surface area contributed by atoms with Gasteiger partial charge in [-0.3, -0.25) is 14.2 Å². The maximum absolute atomic E-state index is 12.6. The number of halogens is 1. The number of aromatic nitrogens is 2. The van der Waals surface area contributed by atoms with Crippen LogP contribution in [0.15, 0.2) is 64.7 Å². The van der Waals surface area contributed by atoms with Crippen molar-refractivity contribution >= 4 is 35.0 Å². The summed E-state index contributed by atoms with van der Waals surface area (Å²) in [6, 6.07) is 12.8.